The molecule has 3 heteroatoms. The Labute approximate surface area is 121 Å². The topological polar surface area (TPSA) is 30.5 Å². The van der Waals surface area contributed by atoms with Gasteiger partial charge in [0, 0.05) is 18.6 Å². The highest BCUT2D eigenvalue weighted by Gasteiger charge is 2.29. The molecule has 2 unspecified atom stereocenters. The fourth-order valence-electron chi connectivity index (χ4n) is 3.26. The minimum Gasteiger partial charge on any atom is -0.493 e. The molecule has 0 amide bonds. The summed E-state index contributed by atoms with van der Waals surface area (Å²) >= 11 is 0. The number of ether oxygens (including phenoxy) is 2. The van der Waals surface area contributed by atoms with Gasteiger partial charge in [-0.1, -0.05) is 25.1 Å². The van der Waals surface area contributed by atoms with E-state index in [2.05, 4.69) is 30.4 Å². The van der Waals surface area contributed by atoms with Crippen molar-refractivity contribution in [3.63, 3.8) is 0 Å². The SMILES string of the molecule is CCCNC(c1cccc2c1OCC2)C1CCCCO1. The van der Waals surface area contributed by atoms with Gasteiger partial charge in [-0.05, 0) is 37.8 Å². The van der Waals surface area contributed by atoms with Crippen LogP contribution in [0.25, 0.3) is 0 Å². The third-order valence-electron chi connectivity index (χ3n) is 4.28. The molecule has 20 heavy (non-hydrogen) atoms. The third-order valence-corrected chi connectivity index (χ3v) is 4.28. The van der Waals surface area contributed by atoms with E-state index in [0.29, 0.717) is 0 Å². The first-order valence-electron chi connectivity index (χ1n) is 7.99. The second-order valence-electron chi connectivity index (χ2n) is 5.77. The third kappa shape index (κ3) is 2.84. The second kappa shape index (κ2) is 6.59. The van der Waals surface area contributed by atoms with Crippen LogP contribution in [-0.4, -0.2) is 25.9 Å². The molecule has 0 spiro atoms. The zero-order chi connectivity index (χ0) is 13.8. The molecule has 2 aliphatic rings. The summed E-state index contributed by atoms with van der Waals surface area (Å²) in [5, 5.41) is 3.68. The van der Waals surface area contributed by atoms with E-state index in [-0.39, 0.29) is 12.1 Å². The van der Waals surface area contributed by atoms with Gasteiger partial charge in [0.25, 0.3) is 0 Å². The van der Waals surface area contributed by atoms with Crippen LogP contribution < -0.4 is 10.1 Å². The Morgan fingerprint density at radius 1 is 1.30 bits per heavy atom. The van der Waals surface area contributed by atoms with Crippen LogP contribution in [0, 0.1) is 0 Å². The Bertz CT molecular complexity index is 441. The summed E-state index contributed by atoms with van der Waals surface area (Å²) in [5.74, 6) is 1.11. The average Bonchev–Trinajstić information content (AvgIpc) is 2.98. The Morgan fingerprint density at radius 2 is 2.25 bits per heavy atom. The first-order valence-corrected chi connectivity index (χ1v) is 7.99. The molecule has 1 saturated heterocycles. The normalized spacial score (nSPS) is 23.1. The van der Waals surface area contributed by atoms with Crippen molar-refractivity contribution in [2.75, 3.05) is 19.8 Å². The number of hydrogen-bond donors (Lipinski definition) is 1. The van der Waals surface area contributed by atoms with Crippen molar-refractivity contribution in [2.45, 2.75) is 51.2 Å². The van der Waals surface area contributed by atoms with Gasteiger partial charge in [-0.3, -0.25) is 0 Å². The summed E-state index contributed by atoms with van der Waals surface area (Å²) in [6, 6.07) is 6.81. The molecule has 0 aliphatic carbocycles. The Morgan fingerprint density at radius 3 is 3.05 bits per heavy atom. The van der Waals surface area contributed by atoms with Crippen LogP contribution in [0.4, 0.5) is 0 Å². The van der Waals surface area contributed by atoms with Gasteiger partial charge in [0.1, 0.15) is 5.75 Å². The molecule has 1 fully saturated rings. The highest BCUT2D eigenvalue weighted by molar-refractivity contribution is 5.46. The molecule has 3 nitrogen and oxygen atoms in total. The van der Waals surface area contributed by atoms with Gasteiger partial charge < -0.3 is 14.8 Å². The van der Waals surface area contributed by atoms with Gasteiger partial charge in [0.05, 0.1) is 18.8 Å². The molecule has 1 aromatic carbocycles. The van der Waals surface area contributed by atoms with E-state index in [1.807, 2.05) is 0 Å². The maximum Gasteiger partial charge on any atom is 0.127 e. The van der Waals surface area contributed by atoms with E-state index in [9.17, 15) is 0 Å². The number of fused-ring (bicyclic) bond motifs is 1. The number of nitrogens with one attached hydrogen (secondary N) is 1. The molecular formula is C17H25NO2. The standard InChI is InChI=1S/C17H25NO2/c1-2-10-18-16(15-8-3-4-11-19-15)14-7-5-6-13-9-12-20-17(13)14/h5-7,15-16,18H,2-4,8-12H2,1H3. The van der Waals surface area contributed by atoms with Gasteiger partial charge in [-0.15, -0.1) is 0 Å². The predicted octanol–water partition coefficient (Wildman–Crippen LogP) is 3.23. The first kappa shape index (κ1) is 13.9. The zero-order valence-corrected chi connectivity index (χ0v) is 12.4. The number of hydrogen-bond acceptors (Lipinski definition) is 3. The summed E-state index contributed by atoms with van der Waals surface area (Å²) in [6.45, 7) is 4.94. The summed E-state index contributed by atoms with van der Waals surface area (Å²) < 4.78 is 11.9. The van der Waals surface area contributed by atoms with Crippen LogP contribution in [0.15, 0.2) is 18.2 Å². The van der Waals surface area contributed by atoms with E-state index in [4.69, 9.17) is 9.47 Å². The van der Waals surface area contributed by atoms with Crippen molar-refractivity contribution in [2.24, 2.45) is 0 Å². The summed E-state index contributed by atoms with van der Waals surface area (Å²) in [5.41, 5.74) is 2.64. The molecule has 2 heterocycles. The van der Waals surface area contributed by atoms with Crippen LogP contribution in [0.2, 0.25) is 0 Å². The Hall–Kier alpha value is -1.06. The highest BCUT2D eigenvalue weighted by Crippen LogP contribution is 2.37. The summed E-state index contributed by atoms with van der Waals surface area (Å²) in [4.78, 5) is 0. The summed E-state index contributed by atoms with van der Waals surface area (Å²) in [7, 11) is 0. The van der Waals surface area contributed by atoms with Gasteiger partial charge in [-0.2, -0.15) is 0 Å². The van der Waals surface area contributed by atoms with E-state index in [1.54, 1.807) is 0 Å². The number of benzene rings is 1. The fourth-order valence-corrected chi connectivity index (χ4v) is 3.26. The quantitative estimate of drug-likeness (QED) is 0.895. The molecule has 0 saturated carbocycles. The van der Waals surface area contributed by atoms with E-state index in [0.717, 1.165) is 44.8 Å². The number of rotatable bonds is 5. The smallest absolute Gasteiger partial charge is 0.127 e. The molecule has 2 atom stereocenters. The van der Waals surface area contributed by atoms with Crippen LogP contribution >= 0.6 is 0 Å². The lowest BCUT2D eigenvalue weighted by molar-refractivity contribution is -0.00860. The molecule has 3 rings (SSSR count). The minimum atomic E-state index is 0.267. The van der Waals surface area contributed by atoms with Crippen molar-refractivity contribution < 1.29 is 9.47 Å². The lowest BCUT2D eigenvalue weighted by Gasteiger charge is -2.32. The lowest BCUT2D eigenvalue weighted by atomic mass is 9.93. The van der Waals surface area contributed by atoms with Gasteiger partial charge in [0.2, 0.25) is 0 Å². The van der Waals surface area contributed by atoms with Gasteiger partial charge >= 0.3 is 0 Å². The van der Waals surface area contributed by atoms with Gasteiger partial charge in [-0.25, -0.2) is 0 Å². The van der Waals surface area contributed by atoms with Crippen molar-refractivity contribution in [3.05, 3.63) is 29.3 Å². The molecule has 1 N–H and O–H groups in total. The van der Waals surface area contributed by atoms with Crippen LogP contribution in [0.3, 0.4) is 0 Å². The molecule has 0 radical (unpaired) electrons. The molecule has 0 bridgehead atoms. The minimum absolute atomic E-state index is 0.267. The van der Waals surface area contributed by atoms with E-state index < -0.39 is 0 Å². The van der Waals surface area contributed by atoms with E-state index >= 15 is 0 Å². The maximum absolute atomic E-state index is 6.03. The van der Waals surface area contributed by atoms with Crippen LogP contribution in [0.5, 0.6) is 5.75 Å². The largest absolute Gasteiger partial charge is 0.493 e. The van der Waals surface area contributed by atoms with E-state index in [1.165, 1.54) is 24.0 Å². The van der Waals surface area contributed by atoms with Crippen LogP contribution in [-0.2, 0) is 11.2 Å². The average molecular weight is 275 g/mol. The van der Waals surface area contributed by atoms with Crippen molar-refractivity contribution in [1.82, 2.24) is 5.32 Å². The van der Waals surface area contributed by atoms with Crippen LogP contribution in [0.1, 0.15) is 49.8 Å². The Kier molecular flexibility index (Phi) is 4.58. The molecule has 1 aromatic rings. The monoisotopic (exact) mass is 275 g/mol. The molecule has 110 valence electrons. The van der Waals surface area contributed by atoms with Crippen molar-refractivity contribution in [1.29, 1.82) is 0 Å². The molecular weight excluding hydrogens is 250 g/mol. The second-order valence-corrected chi connectivity index (χ2v) is 5.77. The van der Waals surface area contributed by atoms with Crippen molar-refractivity contribution >= 4 is 0 Å². The van der Waals surface area contributed by atoms with Gasteiger partial charge in [0.15, 0.2) is 0 Å². The highest BCUT2D eigenvalue weighted by atomic mass is 16.5. The lowest BCUT2D eigenvalue weighted by Crippen LogP contribution is -2.36. The summed E-state index contributed by atoms with van der Waals surface area (Å²) in [6.07, 6.45) is 6.07. The number of para-hydroxylation sites is 1. The maximum atomic E-state index is 6.03. The van der Waals surface area contributed by atoms with Crippen molar-refractivity contribution in [3.8, 4) is 5.75 Å². The molecule has 2 aliphatic heterocycles. The fraction of sp³-hybridized carbons (Fsp3) is 0.647. The Balaban J connectivity index is 1.86. The zero-order valence-electron chi connectivity index (χ0n) is 12.4. The first-order chi connectivity index (χ1) is 9.90. The molecule has 0 aromatic heterocycles. The predicted molar refractivity (Wildman–Crippen MR) is 80.3 cm³/mol.